The standard InChI is InChI=1S/C16H19NO2/c1-3-16(18)13-7-9-15(10-8-13)19-11-14-6-4-5-12(2)17-14/h4-10,16,18H,3,11H2,1-2H3. The van der Waals surface area contributed by atoms with Crippen molar-refractivity contribution in [2.75, 3.05) is 0 Å². The van der Waals surface area contributed by atoms with Crippen molar-refractivity contribution < 1.29 is 9.84 Å². The van der Waals surface area contributed by atoms with Crippen LogP contribution in [0.3, 0.4) is 0 Å². The lowest BCUT2D eigenvalue weighted by atomic mass is 10.1. The molecule has 0 aliphatic carbocycles. The van der Waals surface area contributed by atoms with E-state index in [1.165, 1.54) is 0 Å². The van der Waals surface area contributed by atoms with Crippen LogP contribution in [0.1, 0.15) is 36.4 Å². The average molecular weight is 257 g/mol. The summed E-state index contributed by atoms with van der Waals surface area (Å²) < 4.78 is 5.67. The molecular formula is C16H19NO2. The zero-order valence-electron chi connectivity index (χ0n) is 11.3. The van der Waals surface area contributed by atoms with Crippen LogP contribution in [-0.4, -0.2) is 10.1 Å². The molecule has 0 saturated carbocycles. The Balaban J connectivity index is 1.96. The number of ether oxygens (including phenoxy) is 1. The van der Waals surface area contributed by atoms with Crippen LogP contribution in [0.4, 0.5) is 0 Å². The van der Waals surface area contributed by atoms with Gasteiger partial charge >= 0.3 is 0 Å². The summed E-state index contributed by atoms with van der Waals surface area (Å²) in [6.07, 6.45) is 0.320. The Bertz CT molecular complexity index is 523. The van der Waals surface area contributed by atoms with Gasteiger partial charge in [-0.25, -0.2) is 0 Å². The number of aromatic nitrogens is 1. The van der Waals surface area contributed by atoms with Crippen molar-refractivity contribution in [3.8, 4) is 5.75 Å². The molecule has 3 nitrogen and oxygen atoms in total. The first kappa shape index (κ1) is 13.6. The Hall–Kier alpha value is -1.87. The van der Waals surface area contributed by atoms with Crippen molar-refractivity contribution in [2.24, 2.45) is 0 Å². The van der Waals surface area contributed by atoms with E-state index in [0.717, 1.165) is 22.7 Å². The maximum absolute atomic E-state index is 9.71. The highest BCUT2D eigenvalue weighted by molar-refractivity contribution is 5.28. The van der Waals surface area contributed by atoms with Gasteiger partial charge in [0.15, 0.2) is 0 Å². The smallest absolute Gasteiger partial charge is 0.130 e. The molecule has 0 amide bonds. The van der Waals surface area contributed by atoms with E-state index in [4.69, 9.17) is 4.74 Å². The van der Waals surface area contributed by atoms with E-state index in [2.05, 4.69) is 4.98 Å². The molecule has 1 aromatic heterocycles. The molecule has 2 aromatic rings. The number of hydrogen-bond donors (Lipinski definition) is 1. The van der Waals surface area contributed by atoms with E-state index < -0.39 is 6.10 Å². The van der Waals surface area contributed by atoms with Gasteiger partial charge in [-0.3, -0.25) is 4.98 Å². The summed E-state index contributed by atoms with van der Waals surface area (Å²) in [7, 11) is 0. The summed E-state index contributed by atoms with van der Waals surface area (Å²) in [5.41, 5.74) is 2.82. The topological polar surface area (TPSA) is 42.4 Å². The Labute approximate surface area is 113 Å². The summed E-state index contributed by atoms with van der Waals surface area (Å²) >= 11 is 0. The molecular weight excluding hydrogens is 238 g/mol. The third-order valence-electron chi connectivity index (χ3n) is 2.98. The van der Waals surface area contributed by atoms with Gasteiger partial charge in [0.2, 0.25) is 0 Å². The lowest BCUT2D eigenvalue weighted by molar-refractivity contribution is 0.173. The first-order valence-electron chi connectivity index (χ1n) is 6.52. The fourth-order valence-electron chi connectivity index (χ4n) is 1.86. The van der Waals surface area contributed by atoms with E-state index in [1.54, 1.807) is 0 Å². The number of aliphatic hydroxyl groups is 1. The molecule has 0 spiro atoms. The molecule has 1 aromatic carbocycles. The second kappa shape index (κ2) is 6.34. The van der Waals surface area contributed by atoms with Crippen LogP contribution >= 0.6 is 0 Å². The van der Waals surface area contributed by atoms with E-state index in [-0.39, 0.29) is 0 Å². The molecule has 100 valence electrons. The van der Waals surface area contributed by atoms with Crippen molar-refractivity contribution in [3.05, 3.63) is 59.4 Å². The number of aliphatic hydroxyl groups excluding tert-OH is 1. The molecule has 1 heterocycles. The normalized spacial score (nSPS) is 12.2. The fraction of sp³-hybridized carbons (Fsp3) is 0.312. The van der Waals surface area contributed by atoms with E-state index in [9.17, 15) is 5.11 Å². The third kappa shape index (κ3) is 3.80. The van der Waals surface area contributed by atoms with E-state index in [0.29, 0.717) is 13.0 Å². The number of benzene rings is 1. The molecule has 0 aliphatic rings. The highest BCUT2D eigenvalue weighted by atomic mass is 16.5. The lowest BCUT2D eigenvalue weighted by Gasteiger charge is -2.10. The Kier molecular flexibility index (Phi) is 4.53. The predicted molar refractivity (Wildman–Crippen MR) is 75.0 cm³/mol. The zero-order valence-corrected chi connectivity index (χ0v) is 11.3. The van der Waals surface area contributed by atoms with Gasteiger partial charge in [0.1, 0.15) is 12.4 Å². The molecule has 1 atom stereocenters. The Morgan fingerprint density at radius 3 is 2.53 bits per heavy atom. The van der Waals surface area contributed by atoms with Gasteiger partial charge < -0.3 is 9.84 Å². The van der Waals surface area contributed by atoms with Crippen LogP contribution in [0, 0.1) is 6.92 Å². The maximum atomic E-state index is 9.71. The number of nitrogens with zero attached hydrogens (tertiary/aromatic N) is 1. The van der Waals surface area contributed by atoms with Crippen molar-refractivity contribution in [1.82, 2.24) is 4.98 Å². The lowest BCUT2D eigenvalue weighted by Crippen LogP contribution is -2.00. The summed E-state index contributed by atoms with van der Waals surface area (Å²) in [6.45, 7) is 4.38. The molecule has 1 unspecified atom stereocenters. The SMILES string of the molecule is CCC(O)c1ccc(OCc2cccc(C)n2)cc1. The molecule has 2 rings (SSSR count). The second-order valence-corrected chi connectivity index (χ2v) is 4.55. The monoisotopic (exact) mass is 257 g/mol. The molecule has 19 heavy (non-hydrogen) atoms. The molecule has 0 saturated heterocycles. The fourth-order valence-corrected chi connectivity index (χ4v) is 1.86. The largest absolute Gasteiger partial charge is 0.487 e. The quantitative estimate of drug-likeness (QED) is 0.892. The minimum Gasteiger partial charge on any atom is -0.487 e. The van der Waals surface area contributed by atoms with Gasteiger partial charge in [0.25, 0.3) is 0 Å². The zero-order chi connectivity index (χ0) is 13.7. The summed E-state index contributed by atoms with van der Waals surface area (Å²) in [5.74, 6) is 0.787. The average Bonchev–Trinajstić information content (AvgIpc) is 2.45. The van der Waals surface area contributed by atoms with E-state index in [1.807, 2.05) is 56.3 Å². The number of rotatable bonds is 5. The van der Waals surface area contributed by atoms with Gasteiger partial charge in [-0.1, -0.05) is 25.1 Å². The summed E-state index contributed by atoms with van der Waals surface area (Å²) in [4.78, 5) is 4.38. The maximum Gasteiger partial charge on any atom is 0.130 e. The Morgan fingerprint density at radius 2 is 1.89 bits per heavy atom. The van der Waals surface area contributed by atoms with Gasteiger partial charge in [-0.2, -0.15) is 0 Å². The molecule has 0 aliphatic heterocycles. The van der Waals surface area contributed by atoms with Gasteiger partial charge in [0, 0.05) is 5.69 Å². The van der Waals surface area contributed by atoms with E-state index >= 15 is 0 Å². The molecule has 1 N–H and O–H groups in total. The molecule has 0 bridgehead atoms. The second-order valence-electron chi connectivity index (χ2n) is 4.55. The number of pyridine rings is 1. The van der Waals surface area contributed by atoms with Gasteiger partial charge in [-0.15, -0.1) is 0 Å². The van der Waals surface area contributed by atoms with Crippen LogP contribution in [-0.2, 0) is 6.61 Å². The van der Waals surface area contributed by atoms with Crippen LogP contribution in [0.5, 0.6) is 5.75 Å². The highest BCUT2D eigenvalue weighted by Crippen LogP contribution is 2.20. The van der Waals surface area contributed by atoms with Crippen LogP contribution in [0.25, 0.3) is 0 Å². The first-order valence-corrected chi connectivity index (χ1v) is 6.52. The third-order valence-corrected chi connectivity index (χ3v) is 2.98. The van der Waals surface area contributed by atoms with Crippen molar-refractivity contribution in [1.29, 1.82) is 0 Å². The Morgan fingerprint density at radius 1 is 1.16 bits per heavy atom. The molecule has 0 fully saturated rings. The molecule has 0 radical (unpaired) electrons. The van der Waals surface area contributed by atoms with Gasteiger partial charge in [0.05, 0.1) is 11.8 Å². The predicted octanol–water partition coefficient (Wildman–Crippen LogP) is 3.41. The van der Waals surface area contributed by atoms with Crippen molar-refractivity contribution in [3.63, 3.8) is 0 Å². The van der Waals surface area contributed by atoms with Crippen molar-refractivity contribution in [2.45, 2.75) is 33.0 Å². The van der Waals surface area contributed by atoms with Crippen molar-refractivity contribution >= 4 is 0 Å². The first-order chi connectivity index (χ1) is 9.19. The molecule has 3 heteroatoms. The minimum absolute atomic E-state index is 0.396. The van der Waals surface area contributed by atoms with Crippen LogP contribution in [0.2, 0.25) is 0 Å². The number of aryl methyl sites for hydroxylation is 1. The summed E-state index contributed by atoms with van der Waals surface area (Å²) in [6, 6.07) is 13.4. The summed E-state index contributed by atoms with van der Waals surface area (Å²) in [5, 5.41) is 9.71. The number of hydrogen-bond acceptors (Lipinski definition) is 3. The van der Waals surface area contributed by atoms with Crippen LogP contribution < -0.4 is 4.74 Å². The minimum atomic E-state index is -0.396. The van der Waals surface area contributed by atoms with Crippen LogP contribution in [0.15, 0.2) is 42.5 Å². The van der Waals surface area contributed by atoms with Gasteiger partial charge in [-0.05, 0) is 43.2 Å². The highest BCUT2D eigenvalue weighted by Gasteiger charge is 2.04.